The Morgan fingerprint density at radius 3 is 3.11 bits per heavy atom. The monoisotopic (exact) mass is 248 g/mol. The summed E-state index contributed by atoms with van der Waals surface area (Å²) >= 11 is 0. The number of methoxy groups -OCH3 is 1. The molecule has 0 unspecified atom stereocenters. The van der Waals surface area contributed by atoms with Gasteiger partial charge in [-0.2, -0.15) is 0 Å². The van der Waals surface area contributed by atoms with Crippen molar-refractivity contribution in [3.05, 3.63) is 29.6 Å². The van der Waals surface area contributed by atoms with Gasteiger partial charge in [-0.3, -0.25) is 9.78 Å². The first kappa shape index (κ1) is 14.2. The molecule has 1 amide bonds. The first-order chi connectivity index (χ1) is 8.77. The molecule has 0 aliphatic rings. The Labute approximate surface area is 106 Å². The second-order valence-electron chi connectivity index (χ2n) is 3.49. The van der Waals surface area contributed by atoms with Crippen molar-refractivity contribution in [3.8, 4) is 11.8 Å². The highest BCUT2D eigenvalue weighted by Gasteiger charge is 2.05. The summed E-state index contributed by atoms with van der Waals surface area (Å²) in [6, 6.07) is 1.67. The molecular formula is C13H16N2O3. The zero-order valence-corrected chi connectivity index (χ0v) is 10.3. The number of aliphatic hydroxyl groups is 1. The largest absolute Gasteiger partial charge is 0.395 e. The summed E-state index contributed by atoms with van der Waals surface area (Å²) in [5, 5.41) is 11.3. The number of pyridine rings is 1. The second-order valence-corrected chi connectivity index (χ2v) is 3.49. The van der Waals surface area contributed by atoms with Crippen molar-refractivity contribution in [1.82, 2.24) is 10.3 Å². The van der Waals surface area contributed by atoms with Gasteiger partial charge in [-0.1, -0.05) is 11.8 Å². The Hall–Kier alpha value is -1.90. The predicted octanol–water partition coefficient (Wildman–Crippen LogP) is 0.192. The molecule has 0 radical (unpaired) electrons. The summed E-state index contributed by atoms with van der Waals surface area (Å²) in [5.74, 6) is 5.41. The highest BCUT2D eigenvalue weighted by molar-refractivity contribution is 5.94. The van der Waals surface area contributed by atoms with Crippen LogP contribution >= 0.6 is 0 Å². The van der Waals surface area contributed by atoms with Gasteiger partial charge in [0.2, 0.25) is 0 Å². The molecule has 0 bridgehead atoms. The number of carbonyl (C=O) groups is 1. The molecule has 0 aromatic carbocycles. The van der Waals surface area contributed by atoms with Crippen molar-refractivity contribution in [3.63, 3.8) is 0 Å². The molecule has 2 N–H and O–H groups in total. The summed E-state index contributed by atoms with van der Waals surface area (Å²) in [6.45, 7) is 0.947. The standard InChI is InChI=1S/C13H16N2O3/c1-18-7-5-15-13(17)12-8-11(9-14-10-12)4-2-3-6-16/h8-10,16H,3,5-7H2,1H3,(H,15,17). The van der Waals surface area contributed by atoms with E-state index in [1.165, 1.54) is 6.20 Å². The van der Waals surface area contributed by atoms with Crippen molar-refractivity contribution in [2.45, 2.75) is 6.42 Å². The van der Waals surface area contributed by atoms with E-state index in [1.807, 2.05) is 0 Å². The number of ether oxygens (including phenoxy) is 1. The summed E-state index contributed by atoms with van der Waals surface area (Å²) in [7, 11) is 1.57. The molecule has 0 aliphatic heterocycles. The summed E-state index contributed by atoms with van der Waals surface area (Å²) in [6.07, 6.45) is 3.47. The van der Waals surface area contributed by atoms with Crippen molar-refractivity contribution in [1.29, 1.82) is 0 Å². The molecule has 96 valence electrons. The van der Waals surface area contributed by atoms with Crippen molar-refractivity contribution in [2.75, 3.05) is 26.9 Å². The van der Waals surface area contributed by atoms with Crippen LogP contribution in [0.5, 0.6) is 0 Å². The Kier molecular flexibility index (Phi) is 6.47. The number of carbonyl (C=O) groups excluding carboxylic acids is 1. The van der Waals surface area contributed by atoms with Gasteiger partial charge in [0, 0.05) is 38.0 Å². The van der Waals surface area contributed by atoms with Crippen LogP contribution in [0.1, 0.15) is 22.3 Å². The Morgan fingerprint density at radius 2 is 2.39 bits per heavy atom. The number of rotatable bonds is 5. The Bertz CT molecular complexity index is 449. The summed E-state index contributed by atoms with van der Waals surface area (Å²) in [5.41, 5.74) is 1.12. The van der Waals surface area contributed by atoms with Gasteiger partial charge < -0.3 is 15.2 Å². The molecule has 1 rings (SSSR count). The number of hydrogen-bond acceptors (Lipinski definition) is 4. The maximum absolute atomic E-state index is 11.7. The van der Waals surface area contributed by atoms with E-state index in [2.05, 4.69) is 22.1 Å². The average molecular weight is 248 g/mol. The molecular weight excluding hydrogens is 232 g/mol. The van der Waals surface area contributed by atoms with Crippen LogP contribution < -0.4 is 5.32 Å². The normalized spacial score (nSPS) is 9.44. The van der Waals surface area contributed by atoms with E-state index in [0.717, 1.165) is 0 Å². The molecule has 5 heteroatoms. The van der Waals surface area contributed by atoms with Gasteiger partial charge >= 0.3 is 0 Å². The highest BCUT2D eigenvalue weighted by atomic mass is 16.5. The Morgan fingerprint density at radius 1 is 1.56 bits per heavy atom. The topological polar surface area (TPSA) is 71.5 Å². The lowest BCUT2D eigenvalue weighted by atomic mass is 10.2. The third kappa shape index (κ3) is 4.95. The molecule has 5 nitrogen and oxygen atoms in total. The van der Waals surface area contributed by atoms with Gasteiger partial charge in [-0.05, 0) is 6.07 Å². The fourth-order valence-corrected chi connectivity index (χ4v) is 1.22. The third-order valence-corrected chi connectivity index (χ3v) is 2.06. The predicted molar refractivity (Wildman–Crippen MR) is 67.0 cm³/mol. The molecule has 1 aromatic heterocycles. The van der Waals surface area contributed by atoms with E-state index in [1.54, 1.807) is 19.4 Å². The van der Waals surface area contributed by atoms with Gasteiger partial charge in [0.1, 0.15) is 0 Å². The minimum atomic E-state index is -0.203. The molecule has 0 saturated heterocycles. The highest BCUT2D eigenvalue weighted by Crippen LogP contribution is 2.01. The number of hydrogen-bond donors (Lipinski definition) is 2. The quantitative estimate of drug-likeness (QED) is 0.576. The molecule has 0 aliphatic carbocycles. The molecule has 0 fully saturated rings. The lowest BCUT2D eigenvalue weighted by molar-refractivity contribution is 0.0936. The summed E-state index contributed by atoms with van der Waals surface area (Å²) < 4.78 is 4.84. The number of aliphatic hydroxyl groups excluding tert-OH is 1. The second kappa shape index (κ2) is 8.23. The maximum atomic E-state index is 11.7. The van der Waals surface area contributed by atoms with Crippen molar-refractivity contribution in [2.24, 2.45) is 0 Å². The molecule has 1 heterocycles. The van der Waals surface area contributed by atoms with E-state index in [-0.39, 0.29) is 12.5 Å². The zero-order valence-electron chi connectivity index (χ0n) is 10.3. The van der Waals surface area contributed by atoms with Crippen LogP contribution in [0.15, 0.2) is 18.5 Å². The van der Waals surface area contributed by atoms with E-state index in [0.29, 0.717) is 30.7 Å². The van der Waals surface area contributed by atoms with Crippen LogP contribution in [0.25, 0.3) is 0 Å². The third-order valence-electron chi connectivity index (χ3n) is 2.06. The zero-order chi connectivity index (χ0) is 13.2. The van der Waals surface area contributed by atoms with Gasteiger partial charge in [-0.15, -0.1) is 0 Å². The van der Waals surface area contributed by atoms with Crippen LogP contribution in [-0.2, 0) is 4.74 Å². The number of nitrogens with zero attached hydrogens (tertiary/aromatic N) is 1. The lowest BCUT2D eigenvalue weighted by Crippen LogP contribution is -2.27. The fourth-order valence-electron chi connectivity index (χ4n) is 1.22. The molecule has 1 aromatic rings. The number of amides is 1. The molecule has 0 saturated carbocycles. The first-order valence-corrected chi connectivity index (χ1v) is 5.60. The lowest BCUT2D eigenvalue weighted by Gasteiger charge is -2.04. The fraction of sp³-hybridized carbons (Fsp3) is 0.385. The first-order valence-electron chi connectivity index (χ1n) is 5.60. The molecule has 0 atom stereocenters. The SMILES string of the molecule is COCCNC(=O)c1cncc(C#CCCO)c1. The van der Waals surface area contributed by atoms with Crippen LogP contribution in [0.3, 0.4) is 0 Å². The van der Waals surface area contributed by atoms with Crippen molar-refractivity contribution >= 4 is 5.91 Å². The van der Waals surface area contributed by atoms with Gasteiger partial charge in [-0.25, -0.2) is 0 Å². The molecule has 0 spiro atoms. The number of aromatic nitrogens is 1. The minimum Gasteiger partial charge on any atom is -0.395 e. The van der Waals surface area contributed by atoms with Crippen molar-refractivity contribution < 1.29 is 14.6 Å². The van der Waals surface area contributed by atoms with Crippen LogP contribution in [0.2, 0.25) is 0 Å². The van der Waals surface area contributed by atoms with E-state index in [9.17, 15) is 4.79 Å². The summed E-state index contributed by atoms with van der Waals surface area (Å²) in [4.78, 5) is 15.7. The average Bonchev–Trinajstić information content (AvgIpc) is 2.39. The van der Waals surface area contributed by atoms with Gasteiger partial charge in [0.15, 0.2) is 0 Å². The van der Waals surface area contributed by atoms with Crippen LogP contribution in [0, 0.1) is 11.8 Å². The van der Waals surface area contributed by atoms with Gasteiger partial charge in [0.05, 0.1) is 18.8 Å². The van der Waals surface area contributed by atoms with Crippen LogP contribution in [-0.4, -0.2) is 42.9 Å². The number of nitrogens with one attached hydrogen (secondary N) is 1. The van der Waals surface area contributed by atoms with E-state index >= 15 is 0 Å². The van der Waals surface area contributed by atoms with Gasteiger partial charge in [0.25, 0.3) is 5.91 Å². The Balaban J connectivity index is 2.64. The van der Waals surface area contributed by atoms with E-state index in [4.69, 9.17) is 9.84 Å². The minimum absolute atomic E-state index is 0.0254. The maximum Gasteiger partial charge on any atom is 0.252 e. The molecule has 18 heavy (non-hydrogen) atoms. The van der Waals surface area contributed by atoms with Crippen LogP contribution in [0.4, 0.5) is 0 Å². The smallest absolute Gasteiger partial charge is 0.252 e. The van der Waals surface area contributed by atoms with E-state index < -0.39 is 0 Å².